The number of hydrogen-bond acceptors (Lipinski definition) is 6. The summed E-state index contributed by atoms with van der Waals surface area (Å²) in [5.41, 5.74) is 1.79. The van der Waals surface area contributed by atoms with Gasteiger partial charge in [0.05, 0.1) is 18.2 Å². The standard InChI is InChI=1S/C35H47FN4O5/c1-22(23-9-11-24(12-10-23)27-7-5-6-8-28(27)36)38-32(43)29-17-25(41)18-40(29)33(44)31(34(2,3)4)39-30(42)19-45-26-13-15-35(16-14-26)20-37-21-35/h5-12,22,25-26,29,31,37,41H,13-21H2,1-4H3,(H,38,43)(H,39,42)/t22-,25+,29-,31+/m0/s1. The average molecular weight is 623 g/mol. The van der Waals surface area contributed by atoms with Crippen LogP contribution >= 0.6 is 0 Å². The molecule has 2 aliphatic heterocycles. The molecule has 3 fully saturated rings. The number of benzene rings is 2. The molecule has 1 spiro atoms. The predicted octanol–water partition coefficient (Wildman–Crippen LogP) is 3.71. The zero-order valence-electron chi connectivity index (χ0n) is 26.8. The summed E-state index contributed by atoms with van der Waals surface area (Å²) >= 11 is 0. The number of rotatable bonds is 9. The molecule has 45 heavy (non-hydrogen) atoms. The number of hydrogen-bond donors (Lipinski definition) is 4. The van der Waals surface area contributed by atoms with E-state index in [4.69, 9.17) is 4.74 Å². The van der Waals surface area contributed by atoms with Crippen LogP contribution in [-0.4, -0.2) is 78.3 Å². The van der Waals surface area contributed by atoms with Gasteiger partial charge in [0, 0.05) is 31.6 Å². The minimum absolute atomic E-state index is 0.000267. The van der Waals surface area contributed by atoms with E-state index < -0.39 is 35.6 Å². The molecule has 10 heteroatoms. The molecule has 1 saturated carbocycles. The number of aliphatic hydroxyl groups is 1. The molecule has 0 aromatic heterocycles. The second kappa shape index (κ2) is 13.6. The fourth-order valence-corrected chi connectivity index (χ4v) is 6.76. The van der Waals surface area contributed by atoms with E-state index >= 15 is 0 Å². The Morgan fingerprint density at radius 2 is 1.73 bits per heavy atom. The van der Waals surface area contributed by atoms with Crippen molar-refractivity contribution in [3.63, 3.8) is 0 Å². The number of nitrogens with one attached hydrogen (secondary N) is 3. The van der Waals surface area contributed by atoms with Gasteiger partial charge in [-0.2, -0.15) is 0 Å². The Bertz CT molecular complexity index is 1360. The Morgan fingerprint density at radius 1 is 1.07 bits per heavy atom. The first-order valence-corrected chi connectivity index (χ1v) is 16.1. The van der Waals surface area contributed by atoms with Gasteiger partial charge < -0.3 is 30.7 Å². The first-order chi connectivity index (χ1) is 21.3. The molecule has 244 valence electrons. The minimum Gasteiger partial charge on any atom is -0.391 e. The van der Waals surface area contributed by atoms with Crippen molar-refractivity contribution in [2.45, 2.75) is 90.1 Å². The van der Waals surface area contributed by atoms with Crippen LogP contribution in [0.2, 0.25) is 0 Å². The summed E-state index contributed by atoms with van der Waals surface area (Å²) < 4.78 is 20.2. The van der Waals surface area contributed by atoms with Crippen LogP contribution in [-0.2, 0) is 19.1 Å². The van der Waals surface area contributed by atoms with Gasteiger partial charge in [-0.1, -0.05) is 63.2 Å². The SMILES string of the molecule is C[C@H](NC(=O)[C@@H]1C[C@@H](O)CN1C(=O)[C@@H](NC(=O)COC1CCC2(CC1)CNC2)C(C)(C)C)c1ccc(-c2ccccc2F)cc1. The number of halogens is 1. The normalized spacial score (nSPS) is 22.8. The van der Waals surface area contributed by atoms with Gasteiger partial charge >= 0.3 is 0 Å². The van der Waals surface area contributed by atoms with Crippen LogP contribution in [0, 0.1) is 16.6 Å². The van der Waals surface area contributed by atoms with Crippen molar-refractivity contribution >= 4 is 17.7 Å². The molecule has 3 amide bonds. The van der Waals surface area contributed by atoms with Crippen LogP contribution in [0.3, 0.4) is 0 Å². The minimum atomic E-state index is -0.909. The molecule has 3 aliphatic rings. The maximum Gasteiger partial charge on any atom is 0.246 e. The number of nitrogens with zero attached hydrogens (tertiary/aromatic N) is 1. The lowest BCUT2D eigenvalue weighted by atomic mass is 9.69. The molecule has 4 N–H and O–H groups in total. The summed E-state index contributed by atoms with van der Waals surface area (Å²) in [6.07, 6.45) is 3.30. The molecule has 2 aromatic rings. The van der Waals surface area contributed by atoms with Gasteiger partial charge in [0.15, 0.2) is 0 Å². The Morgan fingerprint density at radius 3 is 2.33 bits per heavy atom. The van der Waals surface area contributed by atoms with Crippen molar-refractivity contribution in [1.82, 2.24) is 20.9 Å². The highest BCUT2D eigenvalue weighted by Gasteiger charge is 2.45. The van der Waals surface area contributed by atoms with Crippen LogP contribution in [0.5, 0.6) is 0 Å². The third kappa shape index (κ3) is 7.73. The molecule has 1 aliphatic carbocycles. The van der Waals surface area contributed by atoms with Crippen molar-refractivity contribution in [2.75, 3.05) is 26.2 Å². The number of ether oxygens (including phenoxy) is 1. The summed E-state index contributed by atoms with van der Waals surface area (Å²) in [4.78, 5) is 41.8. The molecular formula is C35H47FN4O5. The number of β-amino-alcohol motifs (C(OH)–C–C–N with tert-alkyl or cyclic N) is 1. The maximum absolute atomic E-state index is 14.2. The van der Waals surface area contributed by atoms with Gasteiger partial charge in [0.2, 0.25) is 17.7 Å². The van der Waals surface area contributed by atoms with Crippen molar-refractivity contribution in [2.24, 2.45) is 10.8 Å². The van der Waals surface area contributed by atoms with Gasteiger partial charge in [-0.15, -0.1) is 0 Å². The first-order valence-electron chi connectivity index (χ1n) is 16.1. The van der Waals surface area contributed by atoms with E-state index in [1.165, 1.54) is 11.0 Å². The fourth-order valence-electron chi connectivity index (χ4n) is 6.76. The van der Waals surface area contributed by atoms with Crippen LogP contribution in [0.25, 0.3) is 11.1 Å². The topological polar surface area (TPSA) is 120 Å². The van der Waals surface area contributed by atoms with E-state index in [9.17, 15) is 23.9 Å². The molecule has 0 bridgehead atoms. The van der Waals surface area contributed by atoms with Crippen molar-refractivity contribution in [3.05, 3.63) is 59.9 Å². The Hall–Kier alpha value is -3.34. The summed E-state index contributed by atoms with van der Waals surface area (Å²) in [5.74, 6) is -1.48. The van der Waals surface area contributed by atoms with Crippen LogP contribution < -0.4 is 16.0 Å². The maximum atomic E-state index is 14.2. The number of amides is 3. The van der Waals surface area contributed by atoms with Crippen molar-refractivity contribution < 1.29 is 28.6 Å². The first kappa shape index (κ1) is 33.0. The van der Waals surface area contributed by atoms with E-state index in [1.54, 1.807) is 18.2 Å². The fraction of sp³-hybridized carbons (Fsp3) is 0.571. The number of carbonyl (C=O) groups is 3. The second-order valence-corrected chi connectivity index (χ2v) is 14.2. The van der Waals surface area contributed by atoms with Gasteiger partial charge in [0.25, 0.3) is 0 Å². The number of aliphatic hydroxyl groups excluding tert-OH is 1. The average Bonchev–Trinajstić information content (AvgIpc) is 3.39. The van der Waals surface area contributed by atoms with E-state index in [2.05, 4.69) is 16.0 Å². The summed E-state index contributed by atoms with van der Waals surface area (Å²) in [5, 5.41) is 19.7. The Kier molecular flexibility index (Phi) is 9.96. The zero-order chi connectivity index (χ0) is 32.4. The number of carbonyl (C=O) groups excluding carboxylic acids is 3. The summed E-state index contributed by atoms with van der Waals surface area (Å²) in [6, 6.07) is 11.6. The zero-order valence-corrected chi connectivity index (χ0v) is 26.8. The van der Waals surface area contributed by atoms with E-state index in [1.807, 2.05) is 52.0 Å². The monoisotopic (exact) mass is 622 g/mol. The molecule has 9 nitrogen and oxygen atoms in total. The van der Waals surface area contributed by atoms with E-state index in [-0.39, 0.29) is 43.3 Å². The lowest BCUT2D eigenvalue weighted by Crippen LogP contribution is -2.58. The lowest BCUT2D eigenvalue weighted by molar-refractivity contribution is -0.145. The third-order valence-corrected chi connectivity index (χ3v) is 9.68. The molecule has 0 unspecified atom stereocenters. The highest BCUT2D eigenvalue weighted by Crippen LogP contribution is 2.40. The lowest BCUT2D eigenvalue weighted by Gasteiger charge is -2.47. The number of likely N-dealkylation sites (tertiary alicyclic amines) is 1. The highest BCUT2D eigenvalue weighted by molar-refractivity contribution is 5.93. The predicted molar refractivity (Wildman–Crippen MR) is 169 cm³/mol. The van der Waals surface area contributed by atoms with Gasteiger partial charge in [-0.3, -0.25) is 14.4 Å². The van der Waals surface area contributed by atoms with Gasteiger partial charge in [-0.05, 0) is 60.6 Å². The summed E-state index contributed by atoms with van der Waals surface area (Å²) in [6.45, 7) is 9.40. The Balaban J connectivity index is 1.18. The van der Waals surface area contributed by atoms with Crippen LogP contribution in [0.4, 0.5) is 4.39 Å². The molecule has 5 rings (SSSR count). The van der Waals surface area contributed by atoms with Gasteiger partial charge in [0.1, 0.15) is 24.5 Å². The largest absolute Gasteiger partial charge is 0.391 e. The molecule has 2 saturated heterocycles. The molecule has 2 heterocycles. The quantitative estimate of drug-likeness (QED) is 0.339. The van der Waals surface area contributed by atoms with Crippen LogP contribution in [0.1, 0.15) is 71.4 Å². The van der Waals surface area contributed by atoms with Crippen LogP contribution in [0.15, 0.2) is 48.5 Å². The highest BCUT2D eigenvalue weighted by atomic mass is 19.1. The summed E-state index contributed by atoms with van der Waals surface area (Å²) in [7, 11) is 0. The second-order valence-electron chi connectivity index (χ2n) is 14.2. The third-order valence-electron chi connectivity index (χ3n) is 9.68. The van der Waals surface area contributed by atoms with Crippen molar-refractivity contribution in [3.8, 4) is 11.1 Å². The van der Waals surface area contributed by atoms with E-state index in [0.717, 1.165) is 49.9 Å². The van der Waals surface area contributed by atoms with E-state index in [0.29, 0.717) is 11.0 Å². The Labute approximate surface area is 265 Å². The molecule has 4 atom stereocenters. The van der Waals surface area contributed by atoms with Crippen molar-refractivity contribution in [1.29, 1.82) is 0 Å². The molecule has 2 aromatic carbocycles. The molecular weight excluding hydrogens is 575 g/mol. The molecule has 0 radical (unpaired) electrons. The van der Waals surface area contributed by atoms with Gasteiger partial charge in [-0.25, -0.2) is 4.39 Å². The smallest absolute Gasteiger partial charge is 0.246 e.